The van der Waals surface area contributed by atoms with Gasteiger partial charge in [-0.2, -0.15) is 0 Å². The third-order valence-electron chi connectivity index (χ3n) is 18.7. The average Bonchev–Trinajstić information content (AvgIpc) is 0.717. The summed E-state index contributed by atoms with van der Waals surface area (Å²) in [5.41, 5.74) is 21.7. The average molecular weight is 1540 g/mol. The number of alkyl halides is 2. The van der Waals surface area contributed by atoms with Gasteiger partial charge in [0.25, 0.3) is 0 Å². The minimum absolute atomic E-state index is 0.477. The molecule has 0 atom stereocenters. The van der Waals surface area contributed by atoms with Crippen LogP contribution in [-0.4, -0.2) is 74.9 Å². The maximum atomic E-state index is 6.14. The van der Waals surface area contributed by atoms with Crippen LogP contribution in [0.25, 0.3) is 89.0 Å². The highest BCUT2D eigenvalue weighted by atomic mass is 127. The summed E-state index contributed by atoms with van der Waals surface area (Å²) in [5, 5.41) is 0. The molecule has 0 aliphatic carbocycles. The normalized spacial score (nSPS) is 11.4. The van der Waals surface area contributed by atoms with E-state index in [2.05, 4.69) is 265 Å². The van der Waals surface area contributed by atoms with Gasteiger partial charge in [0, 0.05) is 8.86 Å². The molecule has 0 aromatic heterocycles. The van der Waals surface area contributed by atoms with Crippen LogP contribution in [0.4, 0.5) is 0 Å². The maximum Gasteiger partial charge on any atom is 0.119 e. The molecular formula is C90H108I2O6. The van der Waals surface area contributed by atoms with Crippen molar-refractivity contribution in [1.82, 2.24) is 0 Å². The van der Waals surface area contributed by atoms with Crippen molar-refractivity contribution in [2.24, 2.45) is 0 Å². The Morgan fingerprint density at radius 1 is 0.214 bits per heavy atom. The number of benzene rings is 9. The first-order valence-electron chi connectivity index (χ1n) is 37.2. The lowest BCUT2D eigenvalue weighted by Crippen LogP contribution is -2.11. The SMILES string of the molecule is CCCCCCCCCCCCc1ccc(-c2c(-c3ccccc3)c(-c3ccc(-c4ccc(OCCOCCOCCI)cc4)cc3)c(-c3ccc(-c4ccc(OCCOCCOCCI)cc4)cc3)c(-c3ccccc3)c2-c2ccc(CCCCCCCCCCCC)cc2)cc1. The zero-order chi connectivity index (χ0) is 67.9. The van der Waals surface area contributed by atoms with Gasteiger partial charge in [-0.1, -0.05) is 357 Å². The highest BCUT2D eigenvalue weighted by Crippen LogP contribution is 2.56. The number of hydrogen-bond acceptors (Lipinski definition) is 6. The molecule has 0 N–H and O–H groups in total. The predicted molar refractivity (Wildman–Crippen MR) is 433 cm³/mol. The summed E-state index contributed by atoms with van der Waals surface area (Å²) in [5.74, 6) is 1.64. The van der Waals surface area contributed by atoms with E-state index < -0.39 is 0 Å². The molecule has 0 aliphatic heterocycles. The first-order chi connectivity index (χ1) is 48.6. The first-order valence-corrected chi connectivity index (χ1v) is 40.3. The fourth-order valence-corrected chi connectivity index (χ4v) is 14.0. The molecule has 9 aromatic carbocycles. The predicted octanol–water partition coefficient (Wildman–Crippen LogP) is 25.6. The van der Waals surface area contributed by atoms with Crippen molar-refractivity contribution in [3.05, 3.63) is 217 Å². The fraction of sp³-hybridized carbons (Fsp3) is 0.400. The van der Waals surface area contributed by atoms with Crippen LogP contribution in [0.1, 0.15) is 153 Å². The van der Waals surface area contributed by atoms with Gasteiger partial charge in [0.1, 0.15) is 24.7 Å². The van der Waals surface area contributed by atoms with E-state index in [0.717, 1.165) is 79.8 Å². The van der Waals surface area contributed by atoms with E-state index >= 15 is 0 Å². The minimum atomic E-state index is 0.477. The lowest BCUT2D eigenvalue weighted by Gasteiger charge is -2.29. The summed E-state index contributed by atoms with van der Waals surface area (Å²) in [7, 11) is 0. The van der Waals surface area contributed by atoms with Gasteiger partial charge in [-0.25, -0.2) is 0 Å². The van der Waals surface area contributed by atoms with Gasteiger partial charge in [-0.3, -0.25) is 0 Å². The van der Waals surface area contributed by atoms with Crippen molar-refractivity contribution in [2.45, 2.75) is 155 Å². The van der Waals surface area contributed by atoms with Gasteiger partial charge in [0.2, 0.25) is 0 Å². The van der Waals surface area contributed by atoms with E-state index in [0.29, 0.717) is 52.9 Å². The van der Waals surface area contributed by atoms with Crippen molar-refractivity contribution in [3.63, 3.8) is 0 Å². The topological polar surface area (TPSA) is 55.4 Å². The van der Waals surface area contributed by atoms with Crippen LogP contribution in [0.15, 0.2) is 206 Å². The monoisotopic (exact) mass is 1540 g/mol. The molecule has 6 nitrogen and oxygen atoms in total. The third kappa shape index (κ3) is 24.6. The molecule has 0 spiro atoms. The molecule has 9 aromatic rings. The zero-order valence-corrected chi connectivity index (χ0v) is 63.2. The minimum Gasteiger partial charge on any atom is -0.491 e. The van der Waals surface area contributed by atoms with Crippen molar-refractivity contribution in [2.75, 3.05) is 74.9 Å². The Balaban J connectivity index is 1.14. The summed E-state index contributed by atoms with van der Waals surface area (Å²) in [6, 6.07) is 77.4. The molecule has 8 heteroatoms. The second-order valence-electron chi connectivity index (χ2n) is 26.0. The molecule has 0 saturated heterocycles. The molecule has 0 saturated carbocycles. The van der Waals surface area contributed by atoms with Crippen molar-refractivity contribution < 1.29 is 28.4 Å². The highest BCUT2D eigenvalue weighted by Gasteiger charge is 2.29. The molecule has 0 unspecified atom stereocenters. The second kappa shape index (κ2) is 44.9. The van der Waals surface area contributed by atoms with Gasteiger partial charge in [-0.05, 0) is 150 Å². The Kier molecular flexibility index (Phi) is 34.8. The Morgan fingerprint density at radius 3 is 0.724 bits per heavy atom. The van der Waals surface area contributed by atoms with Crippen LogP contribution in [0.3, 0.4) is 0 Å². The van der Waals surface area contributed by atoms with Crippen LogP contribution in [0, 0.1) is 0 Å². The van der Waals surface area contributed by atoms with Gasteiger partial charge in [0.05, 0.1) is 52.9 Å². The lowest BCUT2D eigenvalue weighted by molar-refractivity contribution is 0.0417. The Bertz CT molecular complexity index is 3350. The van der Waals surface area contributed by atoms with Crippen LogP contribution in [-0.2, 0) is 31.8 Å². The molecular weight excluding hydrogens is 1430 g/mol. The van der Waals surface area contributed by atoms with Gasteiger partial charge >= 0.3 is 0 Å². The van der Waals surface area contributed by atoms with Gasteiger partial charge in [0.15, 0.2) is 0 Å². The number of hydrogen-bond donors (Lipinski definition) is 0. The van der Waals surface area contributed by atoms with Crippen LogP contribution < -0.4 is 9.47 Å². The van der Waals surface area contributed by atoms with Crippen molar-refractivity contribution in [3.8, 4) is 101 Å². The molecule has 0 bridgehead atoms. The molecule has 518 valence electrons. The van der Waals surface area contributed by atoms with E-state index in [1.165, 1.54) is 195 Å². The zero-order valence-electron chi connectivity index (χ0n) is 58.9. The number of ether oxygens (including phenoxy) is 6. The van der Waals surface area contributed by atoms with Crippen LogP contribution in [0.5, 0.6) is 11.5 Å². The molecule has 0 fully saturated rings. The molecule has 0 heterocycles. The van der Waals surface area contributed by atoms with E-state index in [1.807, 2.05) is 0 Å². The third-order valence-corrected chi connectivity index (χ3v) is 19.5. The number of aryl methyl sites for hydroxylation is 2. The van der Waals surface area contributed by atoms with Gasteiger partial charge in [-0.15, -0.1) is 0 Å². The first kappa shape index (κ1) is 76.1. The smallest absolute Gasteiger partial charge is 0.119 e. The number of unbranched alkanes of at least 4 members (excludes halogenated alkanes) is 18. The molecule has 0 aliphatic rings. The maximum absolute atomic E-state index is 6.14. The Morgan fingerprint density at radius 2 is 0.439 bits per heavy atom. The molecule has 98 heavy (non-hydrogen) atoms. The van der Waals surface area contributed by atoms with E-state index in [-0.39, 0.29) is 0 Å². The van der Waals surface area contributed by atoms with Crippen LogP contribution in [0.2, 0.25) is 0 Å². The summed E-state index contributed by atoms with van der Waals surface area (Å²) >= 11 is 4.65. The van der Waals surface area contributed by atoms with E-state index in [9.17, 15) is 0 Å². The summed E-state index contributed by atoms with van der Waals surface area (Å²) < 4.78 is 36.9. The fourth-order valence-electron chi connectivity index (χ4n) is 13.3. The van der Waals surface area contributed by atoms with Gasteiger partial charge < -0.3 is 28.4 Å². The quantitative estimate of drug-likeness (QED) is 0.0215. The number of rotatable bonds is 48. The van der Waals surface area contributed by atoms with Crippen molar-refractivity contribution >= 4 is 45.2 Å². The highest BCUT2D eigenvalue weighted by molar-refractivity contribution is 14.1. The van der Waals surface area contributed by atoms with Crippen LogP contribution >= 0.6 is 45.2 Å². The number of halogens is 2. The largest absolute Gasteiger partial charge is 0.491 e. The molecule has 0 amide bonds. The van der Waals surface area contributed by atoms with E-state index in [4.69, 9.17) is 28.4 Å². The summed E-state index contributed by atoms with van der Waals surface area (Å²) in [6.07, 6.45) is 28.8. The summed E-state index contributed by atoms with van der Waals surface area (Å²) in [4.78, 5) is 0. The summed E-state index contributed by atoms with van der Waals surface area (Å²) in [6.45, 7) is 10.4. The Labute approximate surface area is 616 Å². The molecule has 0 radical (unpaired) electrons. The standard InChI is InChI=1S/C90H108I2O6/c1-3-5-7-9-11-13-15-17-19-23-29-71-35-39-79(40-36-71)87-85(77-31-25-21-26-32-77)89(81-47-43-73(44-48-81)75-51-55-83(56-52-75)97-69-67-95-65-63-93-61-59-91)90(82-49-45-74(46-50-82)76-53-57-84(58-54-76)98-70-68-96-66-64-94-62-60-92)86(78-33-27-22-28-34-78)88(87)80-41-37-72(38-42-80)30-24-20-18-16-14-12-10-8-6-4-2/h21-22,25-28,31-58H,3-20,23-24,29-30,59-70H2,1-2H3. The second-order valence-corrected chi connectivity index (χ2v) is 28.1. The van der Waals surface area contributed by atoms with Crippen molar-refractivity contribution in [1.29, 1.82) is 0 Å². The lowest BCUT2D eigenvalue weighted by atomic mass is 9.74. The Hall–Kier alpha value is -6.12. The van der Waals surface area contributed by atoms with E-state index in [1.54, 1.807) is 0 Å². The molecule has 9 rings (SSSR count).